The molecule has 1 unspecified atom stereocenters. The molecule has 0 bridgehead atoms. The third-order valence-electron chi connectivity index (χ3n) is 2.15. The van der Waals surface area contributed by atoms with Crippen molar-refractivity contribution in [2.24, 2.45) is 11.8 Å². The molecule has 1 heterocycles. The highest BCUT2D eigenvalue weighted by atomic mass is 35.5. The molecule has 1 aromatic rings. The van der Waals surface area contributed by atoms with Gasteiger partial charge in [-0.15, -0.1) is 11.3 Å². The summed E-state index contributed by atoms with van der Waals surface area (Å²) in [6.07, 6.45) is 1.01. The molecule has 3 N–H and O–H groups in total. The molecule has 0 radical (unpaired) electrons. The topological polar surface area (TPSA) is 38.0 Å². The summed E-state index contributed by atoms with van der Waals surface area (Å²) < 4.78 is 0. The van der Waals surface area contributed by atoms with Crippen LogP contribution in [0.1, 0.15) is 36.8 Å². The Hall–Kier alpha value is -0.0900. The number of thiophene rings is 1. The van der Waals surface area contributed by atoms with E-state index in [0.29, 0.717) is 5.92 Å². The maximum Gasteiger partial charge on any atom is 0.0590 e. The molecule has 0 saturated heterocycles. The van der Waals surface area contributed by atoms with Crippen LogP contribution in [-0.4, -0.2) is 0 Å². The third-order valence-corrected chi connectivity index (χ3v) is 3.98. The van der Waals surface area contributed by atoms with Crippen molar-refractivity contribution >= 4 is 22.9 Å². The Bertz CT molecular complexity index is 296. The highest BCUT2D eigenvalue weighted by Crippen LogP contribution is 2.34. The Kier molecular flexibility index (Phi) is 4.38. The molecular formula is C10H17ClN2S. The minimum absolute atomic E-state index is 0.182. The van der Waals surface area contributed by atoms with Crippen LogP contribution in [0.25, 0.3) is 0 Å². The average Bonchev–Trinajstić information content (AvgIpc) is 2.44. The molecule has 2 nitrogen and oxygen atoms in total. The molecule has 0 aliphatic heterocycles. The normalized spacial score (nSPS) is 13.6. The number of aryl methyl sites for hydroxylation is 1. The van der Waals surface area contributed by atoms with E-state index in [1.807, 2.05) is 6.92 Å². The maximum atomic E-state index is 6.18. The lowest BCUT2D eigenvalue weighted by Gasteiger charge is -2.17. The lowest BCUT2D eigenvalue weighted by atomic mass is 10.0. The lowest BCUT2D eigenvalue weighted by Crippen LogP contribution is -2.28. The highest BCUT2D eigenvalue weighted by Gasteiger charge is 2.17. The molecule has 80 valence electrons. The van der Waals surface area contributed by atoms with Gasteiger partial charge in [0.05, 0.1) is 11.1 Å². The zero-order valence-corrected chi connectivity index (χ0v) is 10.4. The summed E-state index contributed by atoms with van der Waals surface area (Å²) in [7, 11) is 0. The average molecular weight is 233 g/mol. The monoisotopic (exact) mass is 232 g/mol. The van der Waals surface area contributed by atoms with Gasteiger partial charge in [-0.25, -0.2) is 0 Å². The van der Waals surface area contributed by atoms with E-state index >= 15 is 0 Å². The first-order valence-corrected chi connectivity index (χ1v) is 6.01. The zero-order chi connectivity index (χ0) is 10.7. The summed E-state index contributed by atoms with van der Waals surface area (Å²) >= 11 is 7.86. The summed E-state index contributed by atoms with van der Waals surface area (Å²) in [6, 6.07) is 0.182. The molecule has 0 aliphatic carbocycles. The Morgan fingerprint density at radius 3 is 2.57 bits per heavy atom. The van der Waals surface area contributed by atoms with Crippen LogP contribution in [0.2, 0.25) is 5.02 Å². The van der Waals surface area contributed by atoms with Crippen LogP contribution in [0.3, 0.4) is 0 Å². The molecule has 1 rings (SSSR count). The Morgan fingerprint density at radius 1 is 1.57 bits per heavy atom. The first-order valence-electron chi connectivity index (χ1n) is 4.75. The summed E-state index contributed by atoms with van der Waals surface area (Å²) in [6.45, 7) is 6.38. The fraction of sp³-hybridized carbons (Fsp3) is 0.600. The molecule has 0 aromatic carbocycles. The third kappa shape index (κ3) is 2.70. The van der Waals surface area contributed by atoms with Crippen molar-refractivity contribution in [2.45, 2.75) is 33.2 Å². The zero-order valence-electron chi connectivity index (χ0n) is 8.80. The predicted molar refractivity (Wildman–Crippen MR) is 63.6 cm³/mol. The molecule has 4 heteroatoms. The molecule has 0 spiro atoms. The molecule has 1 atom stereocenters. The Morgan fingerprint density at radius 2 is 2.21 bits per heavy atom. The van der Waals surface area contributed by atoms with Gasteiger partial charge in [0, 0.05) is 4.88 Å². The van der Waals surface area contributed by atoms with Gasteiger partial charge in [-0.2, -0.15) is 0 Å². The Labute approximate surface area is 94.4 Å². The van der Waals surface area contributed by atoms with E-state index in [9.17, 15) is 0 Å². The molecule has 0 aliphatic rings. The van der Waals surface area contributed by atoms with Gasteiger partial charge in [-0.05, 0) is 30.2 Å². The minimum Gasteiger partial charge on any atom is -0.271 e. The van der Waals surface area contributed by atoms with Gasteiger partial charge in [0.25, 0.3) is 0 Å². The van der Waals surface area contributed by atoms with E-state index in [-0.39, 0.29) is 6.04 Å². The molecule has 0 saturated carbocycles. The first-order chi connectivity index (χ1) is 6.56. The van der Waals surface area contributed by atoms with Crippen LogP contribution < -0.4 is 11.3 Å². The number of hydrazine groups is 1. The number of nitrogens with two attached hydrogens (primary N) is 1. The van der Waals surface area contributed by atoms with Crippen LogP contribution in [-0.2, 0) is 0 Å². The fourth-order valence-electron chi connectivity index (χ4n) is 1.41. The van der Waals surface area contributed by atoms with E-state index in [1.165, 1.54) is 0 Å². The van der Waals surface area contributed by atoms with Gasteiger partial charge in [-0.3, -0.25) is 11.3 Å². The van der Waals surface area contributed by atoms with Gasteiger partial charge < -0.3 is 0 Å². The van der Waals surface area contributed by atoms with Gasteiger partial charge in [0.15, 0.2) is 0 Å². The van der Waals surface area contributed by atoms with Crippen LogP contribution in [0.15, 0.2) is 5.38 Å². The fourth-order valence-corrected chi connectivity index (χ4v) is 2.81. The highest BCUT2D eigenvalue weighted by molar-refractivity contribution is 7.10. The molecule has 0 fully saturated rings. The number of nitrogens with one attached hydrogen (secondary N) is 1. The van der Waals surface area contributed by atoms with E-state index in [4.69, 9.17) is 17.4 Å². The van der Waals surface area contributed by atoms with E-state index in [2.05, 4.69) is 24.7 Å². The van der Waals surface area contributed by atoms with Gasteiger partial charge in [0.2, 0.25) is 0 Å². The number of halogens is 1. The van der Waals surface area contributed by atoms with Crippen molar-refractivity contribution in [1.82, 2.24) is 5.43 Å². The second-order valence-electron chi connectivity index (χ2n) is 3.95. The number of hydrogen-bond acceptors (Lipinski definition) is 3. The van der Waals surface area contributed by atoms with Crippen molar-refractivity contribution in [3.8, 4) is 0 Å². The molecule has 0 amide bonds. The first kappa shape index (κ1) is 12.0. The summed E-state index contributed by atoms with van der Waals surface area (Å²) in [5.41, 5.74) is 3.96. The quantitative estimate of drug-likeness (QED) is 0.618. The van der Waals surface area contributed by atoms with Gasteiger partial charge in [0.1, 0.15) is 0 Å². The second-order valence-corrected chi connectivity index (χ2v) is 5.23. The van der Waals surface area contributed by atoms with Crippen molar-refractivity contribution < 1.29 is 0 Å². The summed E-state index contributed by atoms with van der Waals surface area (Å²) in [4.78, 5) is 1.15. The van der Waals surface area contributed by atoms with Crippen LogP contribution in [0.5, 0.6) is 0 Å². The number of hydrogen-bond donors (Lipinski definition) is 2. The Balaban J connectivity index is 2.84. The van der Waals surface area contributed by atoms with E-state index < -0.39 is 0 Å². The minimum atomic E-state index is 0.182. The van der Waals surface area contributed by atoms with Crippen molar-refractivity contribution in [3.63, 3.8) is 0 Å². The van der Waals surface area contributed by atoms with Crippen LogP contribution in [0, 0.1) is 12.8 Å². The SMILES string of the molecule is Cc1csc(C(CC(C)C)NN)c1Cl. The smallest absolute Gasteiger partial charge is 0.0590 e. The van der Waals surface area contributed by atoms with Crippen LogP contribution in [0.4, 0.5) is 0 Å². The lowest BCUT2D eigenvalue weighted by molar-refractivity contribution is 0.443. The standard InChI is InChI=1S/C10H17ClN2S/c1-6(2)4-8(13-12)10-9(11)7(3)5-14-10/h5-6,8,13H,4,12H2,1-3H3. The van der Waals surface area contributed by atoms with E-state index in [1.54, 1.807) is 11.3 Å². The van der Waals surface area contributed by atoms with Crippen molar-refractivity contribution in [1.29, 1.82) is 0 Å². The summed E-state index contributed by atoms with van der Waals surface area (Å²) in [5.74, 6) is 6.14. The van der Waals surface area contributed by atoms with Crippen LogP contribution >= 0.6 is 22.9 Å². The second kappa shape index (κ2) is 5.12. The maximum absolute atomic E-state index is 6.18. The molecular weight excluding hydrogens is 216 g/mol. The van der Waals surface area contributed by atoms with Crippen molar-refractivity contribution in [3.05, 3.63) is 20.8 Å². The summed E-state index contributed by atoms with van der Waals surface area (Å²) in [5, 5.41) is 2.93. The molecule has 1 aromatic heterocycles. The van der Waals surface area contributed by atoms with Gasteiger partial charge in [-0.1, -0.05) is 25.4 Å². The predicted octanol–water partition coefficient (Wildman–Crippen LogP) is 3.26. The largest absolute Gasteiger partial charge is 0.271 e. The van der Waals surface area contributed by atoms with Gasteiger partial charge >= 0.3 is 0 Å². The van der Waals surface area contributed by atoms with E-state index in [0.717, 1.165) is 21.9 Å². The van der Waals surface area contributed by atoms with Crippen molar-refractivity contribution in [2.75, 3.05) is 0 Å². The molecule has 14 heavy (non-hydrogen) atoms. The number of rotatable bonds is 4.